The Morgan fingerprint density at radius 2 is 1.73 bits per heavy atom. The zero-order chi connectivity index (χ0) is 22.4. The lowest BCUT2D eigenvalue weighted by Crippen LogP contribution is -2.30. The molecule has 0 aliphatic rings. The van der Waals surface area contributed by atoms with E-state index in [2.05, 4.69) is 21.3 Å². The fourth-order valence-electron chi connectivity index (χ4n) is 2.53. The van der Waals surface area contributed by atoms with E-state index >= 15 is 0 Å². The summed E-state index contributed by atoms with van der Waals surface area (Å²) in [6.45, 7) is 7.03. The van der Waals surface area contributed by atoms with E-state index in [9.17, 15) is 21.6 Å². The van der Waals surface area contributed by atoms with Crippen LogP contribution in [0.4, 0.5) is 5.69 Å². The summed E-state index contributed by atoms with van der Waals surface area (Å²) in [4.78, 5) is 12.5. The van der Waals surface area contributed by atoms with Crippen LogP contribution in [0.1, 0.15) is 29.8 Å². The SMILES string of the molecule is C=CCNS(=O)(=O)Cc1ccc(NC(=O)c2cccc(S(=O)(=O)NC(C)C)c2)cc1. The van der Waals surface area contributed by atoms with E-state index in [4.69, 9.17) is 0 Å². The fraction of sp³-hybridized carbons (Fsp3) is 0.250. The third kappa shape index (κ3) is 7.06. The van der Waals surface area contributed by atoms with E-state index < -0.39 is 26.0 Å². The lowest BCUT2D eigenvalue weighted by Gasteiger charge is -2.11. The van der Waals surface area contributed by atoms with Crippen molar-refractivity contribution in [2.24, 2.45) is 0 Å². The van der Waals surface area contributed by atoms with Crippen LogP contribution in [0.2, 0.25) is 0 Å². The van der Waals surface area contributed by atoms with Gasteiger partial charge in [0.15, 0.2) is 0 Å². The van der Waals surface area contributed by atoms with Gasteiger partial charge < -0.3 is 5.32 Å². The van der Waals surface area contributed by atoms with Crippen molar-refractivity contribution < 1.29 is 21.6 Å². The van der Waals surface area contributed by atoms with Crippen molar-refractivity contribution in [3.05, 3.63) is 72.3 Å². The second-order valence-electron chi connectivity index (χ2n) is 6.85. The number of carbonyl (C=O) groups excluding carboxylic acids is 1. The molecule has 0 atom stereocenters. The van der Waals surface area contributed by atoms with Crippen LogP contribution >= 0.6 is 0 Å². The Kier molecular flexibility index (Phi) is 7.90. The van der Waals surface area contributed by atoms with Crippen LogP contribution in [0.5, 0.6) is 0 Å². The van der Waals surface area contributed by atoms with E-state index in [0.29, 0.717) is 11.3 Å². The van der Waals surface area contributed by atoms with Crippen molar-refractivity contribution >= 4 is 31.6 Å². The number of nitrogens with one attached hydrogen (secondary N) is 3. The highest BCUT2D eigenvalue weighted by molar-refractivity contribution is 7.89. The minimum atomic E-state index is -3.72. The Hall–Kier alpha value is -2.53. The zero-order valence-electron chi connectivity index (χ0n) is 16.8. The number of carbonyl (C=O) groups is 1. The van der Waals surface area contributed by atoms with Crippen LogP contribution in [0.25, 0.3) is 0 Å². The first-order chi connectivity index (χ1) is 14.0. The molecule has 0 radical (unpaired) electrons. The predicted molar refractivity (Wildman–Crippen MR) is 117 cm³/mol. The molecule has 2 aromatic rings. The molecule has 10 heteroatoms. The number of anilines is 1. The molecular formula is C20H25N3O5S2. The van der Waals surface area contributed by atoms with Crippen molar-refractivity contribution in [3.8, 4) is 0 Å². The molecule has 0 saturated carbocycles. The summed E-state index contributed by atoms with van der Waals surface area (Å²) >= 11 is 0. The maximum absolute atomic E-state index is 12.5. The summed E-state index contributed by atoms with van der Waals surface area (Å²) in [5, 5.41) is 2.67. The van der Waals surface area contributed by atoms with Gasteiger partial charge >= 0.3 is 0 Å². The molecule has 0 bridgehead atoms. The summed E-state index contributed by atoms with van der Waals surface area (Å²) in [7, 11) is -7.19. The van der Waals surface area contributed by atoms with Gasteiger partial charge in [-0.2, -0.15) is 0 Å². The molecule has 2 rings (SSSR count). The standard InChI is InChI=1S/C20H25N3O5S2/c1-4-12-21-29(25,26)14-16-8-10-18(11-9-16)22-20(24)17-6-5-7-19(13-17)30(27,28)23-15(2)3/h4-11,13,15,21,23H,1,12,14H2,2-3H3,(H,22,24). The van der Waals surface area contributed by atoms with E-state index in [1.807, 2.05) is 0 Å². The van der Waals surface area contributed by atoms with Crippen LogP contribution in [-0.4, -0.2) is 35.3 Å². The Morgan fingerprint density at radius 1 is 1.07 bits per heavy atom. The van der Waals surface area contributed by atoms with Gasteiger partial charge in [0.05, 0.1) is 10.6 Å². The second-order valence-corrected chi connectivity index (χ2v) is 10.4. The average Bonchev–Trinajstić information content (AvgIpc) is 2.67. The molecule has 0 fully saturated rings. The van der Waals surface area contributed by atoms with E-state index in [-0.39, 0.29) is 28.8 Å². The van der Waals surface area contributed by atoms with Crippen molar-refractivity contribution in [3.63, 3.8) is 0 Å². The smallest absolute Gasteiger partial charge is 0.255 e. The van der Waals surface area contributed by atoms with Gasteiger partial charge in [-0.05, 0) is 49.7 Å². The van der Waals surface area contributed by atoms with Gasteiger partial charge in [0.2, 0.25) is 20.0 Å². The molecule has 0 aliphatic carbocycles. The minimum absolute atomic E-state index is 0.00331. The molecule has 8 nitrogen and oxygen atoms in total. The molecule has 3 N–H and O–H groups in total. The summed E-state index contributed by atoms with van der Waals surface area (Å²) in [5.41, 5.74) is 1.19. The Bertz CT molecular complexity index is 1110. The summed E-state index contributed by atoms with van der Waals surface area (Å²) < 4.78 is 53.2. The lowest BCUT2D eigenvalue weighted by atomic mass is 10.2. The third-order valence-corrected chi connectivity index (χ3v) is 6.79. The molecule has 0 aromatic heterocycles. The quantitative estimate of drug-likeness (QED) is 0.478. The highest BCUT2D eigenvalue weighted by atomic mass is 32.2. The monoisotopic (exact) mass is 451 g/mol. The van der Waals surface area contributed by atoms with Crippen molar-refractivity contribution in [2.45, 2.75) is 30.5 Å². The average molecular weight is 452 g/mol. The largest absolute Gasteiger partial charge is 0.322 e. The molecule has 1 amide bonds. The number of sulfonamides is 2. The van der Waals surface area contributed by atoms with Gasteiger partial charge in [0.25, 0.3) is 5.91 Å². The van der Waals surface area contributed by atoms with E-state index in [1.165, 1.54) is 30.3 Å². The molecule has 2 aromatic carbocycles. The van der Waals surface area contributed by atoms with Gasteiger partial charge in [-0.1, -0.05) is 24.3 Å². The summed E-state index contributed by atoms with van der Waals surface area (Å²) in [6, 6.07) is 11.8. The van der Waals surface area contributed by atoms with E-state index in [0.717, 1.165) is 0 Å². The third-order valence-electron chi connectivity index (χ3n) is 3.81. The van der Waals surface area contributed by atoms with Gasteiger partial charge in [-0.25, -0.2) is 26.3 Å². The van der Waals surface area contributed by atoms with Crippen LogP contribution in [0.15, 0.2) is 66.1 Å². The van der Waals surface area contributed by atoms with Gasteiger partial charge in [0, 0.05) is 23.8 Å². The van der Waals surface area contributed by atoms with Gasteiger partial charge in [-0.3, -0.25) is 4.79 Å². The van der Waals surface area contributed by atoms with Crippen molar-refractivity contribution in [1.82, 2.24) is 9.44 Å². The first-order valence-corrected chi connectivity index (χ1v) is 12.3. The molecule has 162 valence electrons. The lowest BCUT2D eigenvalue weighted by molar-refractivity contribution is 0.102. The molecule has 30 heavy (non-hydrogen) atoms. The molecule has 0 saturated heterocycles. The van der Waals surface area contributed by atoms with Crippen LogP contribution in [-0.2, 0) is 25.8 Å². The number of hydrogen-bond acceptors (Lipinski definition) is 5. The molecule has 0 unspecified atom stereocenters. The van der Waals surface area contributed by atoms with Crippen LogP contribution in [0.3, 0.4) is 0 Å². The highest BCUT2D eigenvalue weighted by Crippen LogP contribution is 2.16. The molecule has 0 spiro atoms. The van der Waals surface area contributed by atoms with Gasteiger partial charge in [0.1, 0.15) is 0 Å². The Balaban J connectivity index is 2.10. The Morgan fingerprint density at radius 3 is 2.33 bits per heavy atom. The normalized spacial score (nSPS) is 12.0. The second kappa shape index (κ2) is 9.98. The number of rotatable bonds is 10. The number of hydrogen-bond donors (Lipinski definition) is 3. The fourth-order valence-corrected chi connectivity index (χ4v) is 4.93. The predicted octanol–water partition coefficient (Wildman–Crippen LogP) is 2.23. The minimum Gasteiger partial charge on any atom is -0.322 e. The van der Waals surface area contributed by atoms with Crippen molar-refractivity contribution in [1.29, 1.82) is 0 Å². The topological polar surface area (TPSA) is 121 Å². The number of benzene rings is 2. The first-order valence-electron chi connectivity index (χ1n) is 9.13. The van der Waals surface area contributed by atoms with Crippen LogP contribution in [0, 0.1) is 0 Å². The summed E-state index contributed by atoms with van der Waals surface area (Å²) in [5.74, 6) is -0.678. The maximum atomic E-state index is 12.5. The molecule has 0 heterocycles. The highest BCUT2D eigenvalue weighted by Gasteiger charge is 2.17. The Labute approximate surface area is 177 Å². The first kappa shape index (κ1) is 23.7. The molecular weight excluding hydrogens is 426 g/mol. The molecule has 0 aliphatic heterocycles. The maximum Gasteiger partial charge on any atom is 0.255 e. The summed E-state index contributed by atoms with van der Waals surface area (Å²) in [6.07, 6.45) is 1.45. The van der Waals surface area contributed by atoms with Crippen LogP contribution < -0.4 is 14.8 Å². The van der Waals surface area contributed by atoms with Gasteiger partial charge in [-0.15, -0.1) is 6.58 Å². The van der Waals surface area contributed by atoms with Crippen molar-refractivity contribution in [2.75, 3.05) is 11.9 Å². The number of amides is 1. The van der Waals surface area contributed by atoms with E-state index in [1.54, 1.807) is 38.1 Å². The zero-order valence-corrected chi connectivity index (χ0v) is 18.4.